The van der Waals surface area contributed by atoms with Crippen molar-refractivity contribution in [1.29, 1.82) is 0 Å². The Morgan fingerprint density at radius 3 is 2.28 bits per heavy atom. The van der Waals surface area contributed by atoms with Crippen LogP contribution in [0.15, 0.2) is 23.1 Å². The molecule has 0 radical (unpaired) electrons. The van der Waals surface area contributed by atoms with Gasteiger partial charge >= 0.3 is 5.51 Å². The predicted molar refractivity (Wildman–Crippen MR) is 85.3 cm³/mol. The highest BCUT2D eigenvalue weighted by Crippen LogP contribution is 2.36. The lowest BCUT2D eigenvalue weighted by Crippen LogP contribution is -2.46. The van der Waals surface area contributed by atoms with E-state index in [1.54, 1.807) is 4.90 Å². The number of hydrogen-bond acceptors (Lipinski definition) is 6. The molecule has 0 aliphatic carbocycles. The first-order valence-corrected chi connectivity index (χ1v) is 9.13. The maximum atomic E-state index is 12.6. The molecule has 1 aromatic rings. The minimum absolute atomic E-state index is 0.127. The summed E-state index contributed by atoms with van der Waals surface area (Å²) in [7, 11) is -5.63. The average Bonchev–Trinajstić information content (AvgIpc) is 2.54. The van der Waals surface area contributed by atoms with E-state index in [1.165, 1.54) is 0 Å². The monoisotopic (exact) mass is 381 g/mol. The van der Waals surface area contributed by atoms with Gasteiger partial charge in [-0.1, -0.05) is 6.92 Å². The number of nitro groups is 1. The van der Waals surface area contributed by atoms with Crippen molar-refractivity contribution < 1.29 is 26.5 Å². The molecule has 1 fully saturated rings. The number of alkyl halides is 3. The standard InChI is InChI=1S/C14H18F3N3O4S/c1-2-5-18-6-8-19(9-7-18)12-4-3-11(10-13(12)20(21)22)25(23,24)14(15,16)17/h3-4,10H,2,5-9H2,1H3. The van der Waals surface area contributed by atoms with E-state index >= 15 is 0 Å². The van der Waals surface area contributed by atoms with Crippen molar-refractivity contribution in [3.8, 4) is 0 Å². The lowest BCUT2D eigenvalue weighted by molar-refractivity contribution is -0.384. The fourth-order valence-electron chi connectivity index (χ4n) is 2.75. The van der Waals surface area contributed by atoms with Gasteiger partial charge in [-0.3, -0.25) is 15.0 Å². The van der Waals surface area contributed by atoms with E-state index in [0.29, 0.717) is 32.2 Å². The molecular weight excluding hydrogens is 363 g/mol. The Balaban J connectivity index is 2.34. The van der Waals surface area contributed by atoms with Crippen molar-refractivity contribution in [1.82, 2.24) is 4.90 Å². The zero-order chi connectivity index (χ0) is 18.8. The van der Waals surface area contributed by atoms with Gasteiger partial charge in [0.1, 0.15) is 5.69 Å². The Morgan fingerprint density at radius 2 is 1.80 bits per heavy atom. The molecule has 7 nitrogen and oxygen atoms in total. The quantitative estimate of drug-likeness (QED) is 0.575. The Bertz CT molecular complexity index is 744. The van der Waals surface area contributed by atoms with Crippen LogP contribution in [0.3, 0.4) is 0 Å². The van der Waals surface area contributed by atoms with Crippen LogP contribution in [0, 0.1) is 10.1 Å². The first-order valence-electron chi connectivity index (χ1n) is 7.65. The van der Waals surface area contributed by atoms with Gasteiger partial charge in [0.2, 0.25) is 0 Å². The SMILES string of the molecule is CCCN1CCN(c2ccc(S(=O)(=O)C(F)(F)F)cc2[N+](=O)[O-])CC1. The second-order valence-electron chi connectivity index (χ2n) is 5.69. The van der Waals surface area contributed by atoms with Crippen LogP contribution in [0.1, 0.15) is 13.3 Å². The number of nitrogens with zero attached hydrogens (tertiary/aromatic N) is 3. The second kappa shape index (κ2) is 7.16. The molecule has 0 unspecified atom stereocenters. The second-order valence-corrected chi connectivity index (χ2v) is 7.63. The molecule has 0 atom stereocenters. The molecule has 0 N–H and O–H groups in total. The number of hydrogen-bond donors (Lipinski definition) is 0. The van der Waals surface area contributed by atoms with Crippen LogP contribution in [0.2, 0.25) is 0 Å². The smallest absolute Gasteiger partial charge is 0.363 e. The van der Waals surface area contributed by atoms with Gasteiger partial charge in [0.05, 0.1) is 9.82 Å². The molecule has 11 heteroatoms. The van der Waals surface area contributed by atoms with Gasteiger partial charge in [0, 0.05) is 32.2 Å². The number of rotatable bonds is 5. The molecule has 0 aromatic heterocycles. The Labute approximate surface area is 143 Å². The minimum atomic E-state index is -5.63. The van der Waals surface area contributed by atoms with Crippen LogP contribution in [0.25, 0.3) is 0 Å². The summed E-state index contributed by atoms with van der Waals surface area (Å²) in [6.45, 7) is 5.25. The summed E-state index contributed by atoms with van der Waals surface area (Å²) in [5.41, 5.74) is -6.02. The molecule has 2 rings (SSSR count). The zero-order valence-electron chi connectivity index (χ0n) is 13.5. The predicted octanol–water partition coefficient (Wildman–Crippen LogP) is 2.42. The number of benzene rings is 1. The zero-order valence-corrected chi connectivity index (χ0v) is 14.3. The lowest BCUT2D eigenvalue weighted by Gasteiger charge is -2.35. The van der Waals surface area contributed by atoms with Crippen LogP contribution in [0.5, 0.6) is 0 Å². The fraction of sp³-hybridized carbons (Fsp3) is 0.571. The summed E-state index contributed by atoms with van der Waals surface area (Å²) in [6.07, 6.45) is 0.976. The summed E-state index contributed by atoms with van der Waals surface area (Å²) in [4.78, 5) is 13.1. The largest absolute Gasteiger partial charge is 0.501 e. The summed E-state index contributed by atoms with van der Waals surface area (Å²) >= 11 is 0. The summed E-state index contributed by atoms with van der Waals surface area (Å²) in [5, 5.41) is 11.3. The molecule has 1 heterocycles. The molecular formula is C14H18F3N3O4S. The number of nitro benzene ring substituents is 1. The molecule has 1 aromatic carbocycles. The van der Waals surface area contributed by atoms with E-state index in [9.17, 15) is 31.7 Å². The van der Waals surface area contributed by atoms with Gasteiger partial charge in [-0.15, -0.1) is 0 Å². The van der Waals surface area contributed by atoms with Crippen LogP contribution < -0.4 is 4.90 Å². The maximum Gasteiger partial charge on any atom is 0.501 e. The van der Waals surface area contributed by atoms with Gasteiger partial charge < -0.3 is 4.90 Å². The number of anilines is 1. The summed E-state index contributed by atoms with van der Waals surface area (Å²) in [5.74, 6) is 0. The van der Waals surface area contributed by atoms with Crippen LogP contribution in [-0.4, -0.2) is 56.5 Å². The molecule has 0 bridgehead atoms. The van der Waals surface area contributed by atoms with E-state index in [-0.39, 0.29) is 5.69 Å². The van der Waals surface area contributed by atoms with Crippen molar-refractivity contribution in [2.75, 3.05) is 37.6 Å². The topological polar surface area (TPSA) is 83.8 Å². The Morgan fingerprint density at radius 1 is 1.20 bits per heavy atom. The average molecular weight is 381 g/mol. The number of piperazine rings is 1. The van der Waals surface area contributed by atoms with E-state index in [0.717, 1.165) is 25.1 Å². The van der Waals surface area contributed by atoms with E-state index in [4.69, 9.17) is 0 Å². The lowest BCUT2D eigenvalue weighted by atomic mass is 10.2. The first kappa shape index (κ1) is 19.4. The van der Waals surface area contributed by atoms with Gasteiger partial charge in [0.25, 0.3) is 15.5 Å². The van der Waals surface area contributed by atoms with Crippen molar-refractivity contribution in [2.24, 2.45) is 0 Å². The molecule has 140 valence electrons. The Kier molecular flexibility index (Phi) is 5.57. The highest BCUT2D eigenvalue weighted by Gasteiger charge is 2.47. The summed E-state index contributed by atoms with van der Waals surface area (Å²) in [6, 6.07) is 2.33. The van der Waals surface area contributed by atoms with Gasteiger partial charge in [-0.25, -0.2) is 8.42 Å². The third-order valence-electron chi connectivity index (χ3n) is 4.01. The van der Waals surface area contributed by atoms with E-state index in [2.05, 4.69) is 4.90 Å². The van der Waals surface area contributed by atoms with Crippen molar-refractivity contribution in [2.45, 2.75) is 23.7 Å². The van der Waals surface area contributed by atoms with Crippen LogP contribution >= 0.6 is 0 Å². The third-order valence-corrected chi connectivity index (χ3v) is 5.50. The molecule has 0 saturated carbocycles. The summed E-state index contributed by atoms with van der Waals surface area (Å²) < 4.78 is 60.9. The maximum absolute atomic E-state index is 12.6. The number of halogens is 3. The van der Waals surface area contributed by atoms with Crippen molar-refractivity contribution in [3.05, 3.63) is 28.3 Å². The molecule has 1 aliphatic heterocycles. The minimum Gasteiger partial charge on any atom is -0.363 e. The van der Waals surface area contributed by atoms with Gasteiger partial charge in [0.15, 0.2) is 0 Å². The fourth-order valence-corrected chi connectivity index (χ4v) is 3.53. The van der Waals surface area contributed by atoms with E-state index < -0.39 is 30.9 Å². The highest BCUT2D eigenvalue weighted by atomic mass is 32.2. The molecule has 1 saturated heterocycles. The van der Waals surface area contributed by atoms with E-state index in [1.807, 2.05) is 6.92 Å². The van der Waals surface area contributed by atoms with Crippen LogP contribution in [-0.2, 0) is 9.84 Å². The van der Waals surface area contributed by atoms with Crippen molar-refractivity contribution in [3.63, 3.8) is 0 Å². The highest BCUT2D eigenvalue weighted by molar-refractivity contribution is 7.92. The number of sulfone groups is 1. The van der Waals surface area contributed by atoms with Crippen molar-refractivity contribution >= 4 is 21.2 Å². The molecule has 1 aliphatic rings. The first-order chi connectivity index (χ1) is 11.6. The van der Waals surface area contributed by atoms with Gasteiger partial charge in [-0.2, -0.15) is 13.2 Å². The Hall–Kier alpha value is -1.88. The van der Waals surface area contributed by atoms with Crippen LogP contribution in [0.4, 0.5) is 24.5 Å². The van der Waals surface area contributed by atoms with Gasteiger partial charge in [-0.05, 0) is 25.1 Å². The third kappa shape index (κ3) is 4.03. The normalized spacial score (nSPS) is 16.9. The molecule has 25 heavy (non-hydrogen) atoms. The molecule has 0 spiro atoms. The molecule has 0 amide bonds.